The van der Waals surface area contributed by atoms with Crippen LogP contribution >= 0.6 is 0 Å². The number of aromatic hydroxyl groups is 1. The molecule has 1 unspecified atom stereocenters. The van der Waals surface area contributed by atoms with Crippen LogP contribution in [0.1, 0.15) is 45.6 Å². The monoisotopic (exact) mass is 344 g/mol. The molecule has 0 radical (unpaired) electrons. The third-order valence-corrected chi connectivity index (χ3v) is 5.34. The lowest BCUT2D eigenvalue weighted by Crippen LogP contribution is -2.36. The molecule has 1 aromatic carbocycles. The first kappa shape index (κ1) is 19.0. The molecule has 1 heterocycles. The Morgan fingerprint density at radius 3 is 2.60 bits per heavy atom. The maximum atomic E-state index is 10.0. The Balaban J connectivity index is 2.39. The van der Waals surface area contributed by atoms with Gasteiger partial charge in [0, 0.05) is 24.4 Å². The highest BCUT2D eigenvalue weighted by atomic mass is 16.3. The van der Waals surface area contributed by atoms with Crippen molar-refractivity contribution in [1.82, 2.24) is 4.90 Å². The molecule has 1 aliphatic rings. The largest absolute Gasteiger partial charge is 0.507 e. The molecule has 1 aliphatic heterocycles. The molecule has 5 nitrogen and oxygen atoms in total. The minimum Gasteiger partial charge on any atom is -0.507 e. The van der Waals surface area contributed by atoms with E-state index in [4.69, 9.17) is 17.2 Å². The number of rotatable bonds is 4. The molecule has 0 aliphatic carbocycles. The number of benzene rings is 1. The summed E-state index contributed by atoms with van der Waals surface area (Å²) in [6.07, 6.45) is 5.28. The van der Waals surface area contributed by atoms with Gasteiger partial charge in [0.15, 0.2) is 0 Å². The van der Waals surface area contributed by atoms with E-state index in [2.05, 4.69) is 25.7 Å². The molecule has 7 N–H and O–H groups in total. The van der Waals surface area contributed by atoms with Crippen molar-refractivity contribution in [2.75, 3.05) is 13.1 Å². The molecule has 0 bridgehead atoms. The van der Waals surface area contributed by atoms with E-state index < -0.39 is 0 Å². The molecule has 0 amide bonds. The topological polar surface area (TPSA) is 102 Å². The average Bonchev–Trinajstić information content (AvgIpc) is 2.72. The molecular formula is C20H32N4O. The van der Waals surface area contributed by atoms with Crippen LogP contribution in [-0.4, -0.2) is 23.1 Å². The standard InChI is InChI=1S/C20H32N4O/c1-4-20(3)10-9-14(2)12-24(13-20)17(19(22)23)11-16(21)15-7-5-6-8-18(15)25/h5-8,11,14,25H,4,9-10,12-13,21-23H2,1-3H3/b16-11-/t14-,20?/m1/s1. The van der Waals surface area contributed by atoms with Crippen molar-refractivity contribution in [3.05, 3.63) is 47.4 Å². The first-order valence-electron chi connectivity index (χ1n) is 9.01. The molecule has 0 aromatic heterocycles. The molecular weight excluding hydrogens is 312 g/mol. The van der Waals surface area contributed by atoms with E-state index >= 15 is 0 Å². The van der Waals surface area contributed by atoms with E-state index in [1.54, 1.807) is 24.3 Å². The number of hydrogen-bond donors (Lipinski definition) is 4. The van der Waals surface area contributed by atoms with Gasteiger partial charge >= 0.3 is 0 Å². The fourth-order valence-electron chi connectivity index (χ4n) is 3.44. The van der Waals surface area contributed by atoms with Gasteiger partial charge in [-0.2, -0.15) is 0 Å². The summed E-state index contributed by atoms with van der Waals surface area (Å²) in [4.78, 5) is 2.25. The van der Waals surface area contributed by atoms with E-state index in [0.29, 0.717) is 17.2 Å². The Morgan fingerprint density at radius 2 is 2.00 bits per heavy atom. The van der Waals surface area contributed by atoms with Crippen LogP contribution in [0.3, 0.4) is 0 Å². The minimum atomic E-state index is 0.147. The van der Waals surface area contributed by atoms with Crippen molar-refractivity contribution in [2.24, 2.45) is 28.5 Å². The maximum absolute atomic E-state index is 10.0. The number of hydrogen-bond acceptors (Lipinski definition) is 5. The summed E-state index contributed by atoms with van der Waals surface area (Å²) in [7, 11) is 0. The number of nitrogens with zero attached hydrogens (tertiary/aromatic N) is 1. The van der Waals surface area contributed by atoms with Gasteiger partial charge in [-0.15, -0.1) is 0 Å². The van der Waals surface area contributed by atoms with Crippen molar-refractivity contribution in [3.8, 4) is 5.75 Å². The Bertz CT molecular complexity index is 663. The molecule has 1 saturated heterocycles. The molecule has 1 aromatic rings. The molecule has 1 fully saturated rings. The van der Waals surface area contributed by atoms with Gasteiger partial charge in [-0.1, -0.05) is 32.9 Å². The molecule has 0 saturated carbocycles. The van der Waals surface area contributed by atoms with Gasteiger partial charge in [0.05, 0.1) is 5.70 Å². The molecule has 5 heteroatoms. The van der Waals surface area contributed by atoms with E-state index in [0.717, 1.165) is 25.2 Å². The molecule has 2 rings (SSSR count). The second-order valence-corrected chi connectivity index (χ2v) is 7.65. The van der Waals surface area contributed by atoms with Crippen molar-refractivity contribution in [2.45, 2.75) is 40.0 Å². The summed E-state index contributed by atoms with van der Waals surface area (Å²) in [5.74, 6) is 0.960. The summed E-state index contributed by atoms with van der Waals surface area (Å²) in [6.45, 7) is 8.60. The number of likely N-dealkylation sites (tertiary alicyclic amines) is 1. The fourth-order valence-corrected chi connectivity index (χ4v) is 3.44. The third kappa shape index (κ3) is 4.62. The van der Waals surface area contributed by atoms with Crippen LogP contribution in [0, 0.1) is 11.3 Å². The van der Waals surface area contributed by atoms with Crippen LogP contribution in [0.15, 0.2) is 41.9 Å². The van der Waals surface area contributed by atoms with E-state index in [-0.39, 0.29) is 17.0 Å². The van der Waals surface area contributed by atoms with Crippen LogP contribution in [0.25, 0.3) is 5.70 Å². The SMILES string of the molecule is CCC1(C)CC[C@@H](C)CN(C(/C=C(\N)c2ccccc2O)=C(N)N)C1. The number of nitrogens with two attached hydrogens (primary N) is 3. The first-order chi connectivity index (χ1) is 11.8. The van der Waals surface area contributed by atoms with Gasteiger partial charge in [0.1, 0.15) is 11.6 Å². The normalized spacial score (nSPS) is 24.7. The predicted octanol–water partition coefficient (Wildman–Crippen LogP) is 2.93. The zero-order chi connectivity index (χ0) is 18.6. The van der Waals surface area contributed by atoms with E-state index in [1.165, 1.54) is 12.8 Å². The van der Waals surface area contributed by atoms with Crippen molar-refractivity contribution >= 4 is 5.70 Å². The van der Waals surface area contributed by atoms with Gasteiger partial charge in [0.2, 0.25) is 0 Å². The highest BCUT2D eigenvalue weighted by Crippen LogP contribution is 2.36. The Labute approximate surface area is 151 Å². The Hall–Kier alpha value is -2.30. The van der Waals surface area contributed by atoms with Gasteiger partial charge in [-0.3, -0.25) is 0 Å². The fraction of sp³-hybridized carbons (Fsp3) is 0.500. The third-order valence-electron chi connectivity index (χ3n) is 5.34. The van der Waals surface area contributed by atoms with Gasteiger partial charge in [0.25, 0.3) is 0 Å². The summed E-state index contributed by atoms with van der Waals surface area (Å²) in [6, 6.07) is 7.01. The van der Waals surface area contributed by atoms with Gasteiger partial charge in [-0.25, -0.2) is 0 Å². The smallest absolute Gasteiger partial charge is 0.124 e. The summed E-state index contributed by atoms with van der Waals surface area (Å²) in [5.41, 5.74) is 20.3. The molecule has 2 atom stereocenters. The summed E-state index contributed by atoms with van der Waals surface area (Å²) in [5, 5.41) is 10.0. The number of allylic oxidation sites excluding steroid dienone is 1. The van der Waals surface area contributed by atoms with E-state index in [9.17, 15) is 5.11 Å². The molecule has 138 valence electrons. The van der Waals surface area contributed by atoms with Gasteiger partial charge in [-0.05, 0) is 48.8 Å². The van der Waals surface area contributed by atoms with Crippen LogP contribution < -0.4 is 17.2 Å². The lowest BCUT2D eigenvalue weighted by atomic mass is 9.82. The van der Waals surface area contributed by atoms with Crippen molar-refractivity contribution < 1.29 is 5.11 Å². The molecule has 25 heavy (non-hydrogen) atoms. The quantitative estimate of drug-likeness (QED) is 0.629. The van der Waals surface area contributed by atoms with Gasteiger partial charge < -0.3 is 27.2 Å². The van der Waals surface area contributed by atoms with Crippen LogP contribution in [0.4, 0.5) is 0 Å². The predicted molar refractivity (Wildman–Crippen MR) is 104 cm³/mol. The second kappa shape index (κ2) is 7.72. The van der Waals surface area contributed by atoms with Crippen molar-refractivity contribution in [1.29, 1.82) is 0 Å². The van der Waals surface area contributed by atoms with Crippen LogP contribution in [-0.2, 0) is 0 Å². The second-order valence-electron chi connectivity index (χ2n) is 7.65. The highest BCUT2D eigenvalue weighted by Gasteiger charge is 2.31. The minimum absolute atomic E-state index is 0.147. The number of phenols is 1. The van der Waals surface area contributed by atoms with Crippen molar-refractivity contribution in [3.63, 3.8) is 0 Å². The van der Waals surface area contributed by atoms with E-state index in [1.807, 2.05) is 6.07 Å². The zero-order valence-corrected chi connectivity index (χ0v) is 15.6. The van der Waals surface area contributed by atoms with Crippen LogP contribution in [0.2, 0.25) is 0 Å². The first-order valence-corrected chi connectivity index (χ1v) is 9.01. The lowest BCUT2D eigenvalue weighted by molar-refractivity contribution is 0.206. The summed E-state index contributed by atoms with van der Waals surface area (Å²) >= 11 is 0. The number of phenolic OH excluding ortho intramolecular Hbond substituents is 1. The Morgan fingerprint density at radius 1 is 1.32 bits per heavy atom. The van der Waals surface area contributed by atoms with Crippen LogP contribution in [0.5, 0.6) is 5.75 Å². The lowest BCUT2D eigenvalue weighted by Gasteiger charge is -2.34. The maximum Gasteiger partial charge on any atom is 0.124 e. The average molecular weight is 345 g/mol. The highest BCUT2D eigenvalue weighted by molar-refractivity contribution is 5.69. The summed E-state index contributed by atoms with van der Waals surface area (Å²) < 4.78 is 0. The zero-order valence-electron chi connectivity index (χ0n) is 15.6. The molecule has 0 spiro atoms. The Kier molecular flexibility index (Phi) is 5.88. The number of para-hydroxylation sites is 1.